The third-order valence-electron chi connectivity index (χ3n) is 14.5. The standard InChI is InChI=1S/C59H71ClN12O9S2/c1-34(73)51-57(79)69-48(54(76)66-45(52(63)74)27-36-17-20-38-12-4-5-13-39(38)25-36)33-83-82-32-47(68-53(75)43(62)26-35-18-21-41(60)22-19-35)55(77)67-46(28-37-11-10-24-64-30-37)58(80)72(3)50(29-40-31-65-44-15-7-6-14-42(40)44)59(81)71(2)49(56(78)70-51)16-8-9-23-61/h4-7,10-15,17-22,24-25,30-31,34,43,45-51,65,73H,8-9,16,23,26-29,32-33,61-62H2,1-3H3,(H2,63,74)(H,66,76)(H,67,77)(H,68,75)(H,69,79)(H,70,78)/t34-,43-,45-,46-,47-,48+,49-,50+,51+/m0/s1. The lowest BCUT2D eigenvalue weighted by molar-refractivity contribution is -0.149. The predicted octanol–water partition coefficient (Wildman–Crippen LogP) is 2.44. The van der Waals surface area contributed by atoms with Gasteiger partial charge in [-0.1, -0.05) is 112 Å². The molecule has 6 aromatic rings. The second-order valence-electron chi connectivity index (χ2n) is 20.6. The van der Waals surface area contributed by atoms with E-state index in [4.69, 9.17) is 28.8 Å². The molecule has 0 bridgehead atoms. The van der Waals surface area contributed by atoms with Gasteiger partial charge < -0.3 is 63.7 Å². The van der Waals surface area contributed by atoms with E-state index in [1.165, 1.54) is 37.0 Å². The van der Waals surface area contributed by atoms with Crippen molar-refractivity contribution in [1.82, 2.24) is 46.4 Å². The van der Waals surface area contributed by atoms with Gasteiger partial charge in [-0.25, -0.2) is 0 Å². The Balaban J connectivity index is 1.28. The molecule has 8 amide bonds. The number of fused-ring (bicyclic) bond motifs is 2. The first-order valence-electron chi connectivity index (χ1n) is 27.2. The molecule has 2 aromatic heterocycles. The molecule has 3 heterocycles. The molecule has 4 aromatic carbocycles. The van der Waals surface area contributed by atoms with Gasteiger partial charge in [0.25, 0.3) is 0 Å². The van der Waals surface area contributed by atoms with Crippen LogP contribution in [0.4, 0.5) is 0 Å². The lowest BCUT2D eigenvalue weighted by Crippen LogP contribution is -2.62. The highest BCUT2D eigenvalue weighted by Gasteiger charge is 2.40. The van der Waals surface area contributed by atoms with E-state index in [-0.39, 0.29) is 50.2 Å². The number of nitrogens with zero attached hydrogens (tertiary/aromatic N) is 3. The van der Waals surface area contributed by atoms with Crippen LogP contribution in [0, 0.1) is 0 Å². The van der Waals surface area contributed by atoms with Gasteiger partial charge in [-0.05, 0) is 96.4 Å². The van der Waals surface area contributed by atoms with E-state index in [9.17, 15) is 33.9 Å². The van der Waals surface area contributed by atoms with Crippen molar-refractivity contribution >= 4 is 102 Å². The highest BCUT2D eigenvalue weighted by Crippen LogP contribution is 2.26. The lowest BCUT2D eigenvalue weighted by atomic mass is 9.99. The fourth-order valence-corrected chi connectivity index (χ4v) is 12.2. The molecule has 24 heteroatoms. The number of para-hydroxylation sites is 1. The summed E-state index contributed by atoms with van der Waals surface area (Å²) in [5.41, 5.74) is 21.6. The number of hydrogen-bond acceptors (Lipinski definition) is 14. The van der Waals surface area contributed by atoms with Crippen LogP contribution < -0.4 is 43.8 Å². The van der Waals surface area contributed by atoms with E-state index >= 15 is 9.59 Å². The van der Waals surface area contributed by atoms with Gasteiger partial charge in [0.1, 0.15) is 42.3 Å². The highest BCUT2D eigenvalue weighted by molar-refractivity contribution is 8.76. The Kier molecular flexibility index (Phi) is 22.9. The maximum atomic E-state index is 15.4. The zero-order valence-electron chi connectivity index (χ0n) is 46.3. The molecule has 83 heavy (non-hydrogen) atoms. The summed E-state index contributed by atoms with van der Waals surface area (Å²) in [5.74, 6) is -6.87. The van der Waals surface area contributed by atoms with E-state index < -0.39 is 102 Å². The molecular formula is C59H71ClN12O9S2. The minimum absolute atomic E-state index is 0.0159. The second-order valence-corrected chi connectivity index (χ2v) is 23.6. The molecule has 0 unspecified atom stereocenters. The molecular weight excluding hydrogens is 1120 g/mol. The summed E-state index contributed by atoms with van der Waals surface area (Å²) < 4.78 is 0. The second kappa shape index (κ2) is 30.1. The van der Waals surface area contributed by atoms with Crippen LogP contribution >= 0.6 is 33.2 Å². The summed E-state index contributed by atoms with van der Waals surface area (Å²) in [6.07, 6.45) is 3.96. The number of unbranched alkanes of at least 4 members (excludes halogenated alkanes) is 1. The summed E-state index contributed by atoms with van der Waals surface area (Å²) in [6, 6.07) is 19.7. The van der Waals surface area contributed by atoms with Gasteiger partial charge in [0.15, 0.2) is 0 Å². The minimum atomic E-state index is -1.70. The number of halogens is 1. The fourth-order valence-electron chi connectivity index (χ4n) is 9.75. The van der Waals surface area contributed by atoms with Crippen LogP contribution in [0.25, 0.3) is 21.7 Å². The van der Waals surface area contributed by atoms with Crippen molar-refractivity contribution in [3.63, 3.8) is 0 Å². The first kappa shape index (κ1) is 63.0. The molecule has 7 rings (SSSR count). The number of aromatic amines is 1. The molecule has 21 nitrogen and oxygen atoms in total. The summed E-state index contributed by atoms with van der Waals surface area (Å²) in [6.45, 7) is 1.53. The quantitative estimate of drug-likeness (QED) is 0.0437. The molecule has 9 atom stereocenters. The first-order valence-corrected chi connectivity index (χ1v) is 30.1. The number of benzene rings is 4. The number of carbonyl (C=O) groups excluding carboxylic acids is 8. The fraction of sp³-hybridized carbons (Fsp3) is 0.373. The van der Waals surface area contributed by atoms with Gasteiger partial charge in [-0.2, -0.15) is 0 Å². The Bertz CT molecular complexity index is 3250. The SMILES string of the molecule is C[C@H](O)[C@H]1NC(=O)[C@H](CCCCN)N(C)C(=O)[C@@H](Cc2c[nH]c3ccccc23)N(C)C(=O)[C@H](Cc2cccnc2)NC(=O)[C@@H](NC(=O)[C@@H](N)Cc2ccc(Cl)cc2)CSSC[C@H](C(=O)N[C@@H](Cc2ccc3ccccc3c2)C(N)=O)NC1=O. The number of rotatable bonds is 18. The number of pyridine rings is 1. The average Bonchev–Trinajstić information content (AvgIpc) is 3.91. The summed E-state index contributed by atoms with van der Waals surface area (Å²) in [4.78, 5) is 126. The third kappa shape index (κ3) is 17.3. The van der Waals surface area contributed by atoms with Crippen molar-refractivity contribution in [2.24, 2.45) is 17.2 Å². The van der Waals surface area contributed by atoms with Gasteiger partial charge in [-0.15, -0.1) is 0 Å². The third-order valence-corrected chi connectivity index (χ3v) is 17.2. The normalized spacial score (nSPS) is 21.1. The van der Waals surface area contributed by atoms with Gasteiger partial charge in [0.05, 0.1) is 12.1 Å². The summed E-state index contributed by atoms with van der Waals surface area (Å²) >= 11 is 6.12. The molecule has 0 aliphatic carbocycles. The number of nitrogens with two attached hydrogens (primary N) is 3. The Hall–Kier alpha value is -7.54. The van der Waals surface area contributed by atoms with Gasteiger partial charge in [-0.3, -0.25) is 43.3 Å². The van der Waals surface area contributed by atoms with E-state index in [0.29, 0.717) is 40.1 Å². The maximum Gasteiger partial charge on any atom is 0.246 e. The largest absolute Gasteiger partial charge is 0.391 e. The monoisotopic (exact) mass is 1190 g/mol. The van der Waals surface area contributed by atoms with Crippen LogP contribution in [0.3, 0.4) is 0 Å². The number of nitrogens with one attached hydrogen (secondary N) is 6. The average molecular weight is 1190 g/mol. The zero-order chi connectivity index (χ0) is 59.7. The summed E-state index contributed by atoms with van der Waals surface area (Å²) in [7, 11) is 4.88. The Morgan fingerprint density at radius 3 is 2.18 bits per heavy atom. The number of primary amides is 1. The van der Waals surface area contributed by atoms with Crippen LogP contribution in [0.15, 0.2) is 122 Å². The number of carbonyl (C=O) groups is 8. The highest BCUT2D eigenvalue weighted by atomic mass is 35.5. The molecule has 0 saturated carbocycles. The maximum absolute atomic E-state index is 15.4. The smallest absolute Gasteiger partial charge is 0.246 e. The van der Waals surface area contributed by atoms with Crippen molar-refractivity contribution < 1.29 is 43.5 Å². The Labute approximate surface area is 494 Å². The van der Waals surface area contributed by atoms with E-state index in [2.05, 4.69) is 36.6 Å². The Morgan fingerprint density at radius 2 is 1.47 bits per heavy atom. The number of hydrogen-bond donors (Lipinski definition) is 10. The predicted molar refractivity (Wildman–Crippen MR) is 322 cm³/mol. The lowest BCUT2D eigenvalue weighted by Gasteiger charge is -2.36. The molecule has 13 N–H and O–H groups in total. The van der Waals surface area contributed by atoms with E-state index in [1.807, 2.05) is 60.7 Å². The number of aliphatic hydroxyl groups excluding tert-OH is 1. The van der Waals surface area contributed by atoms with Crippen molar-refractivity contribution in [3.8, 4) is 0 Å². The molecule has 1 fully saturated rings. The number of likely N-dealkylation sites (N-methyl/N-ethyl adjacent to an activating group) is 2. The van der Waals surface area contributed by atoms with Crippen molar-refractivity contribution in [1.29, 1.82) is 0 Å². The molecule has 1 aliphatic rings. The van der Waals surface area contributed by atoms with Gasteiger partial charge in [0, 0.05) is 79.4 Å². The van der Waals surface area contributed by atoms with Crippen molar-refractivity contribution in [2.75, 3.05) is 32.1 Å². The van der Waals surface area contributed by atoms with Crippen molar-refractivity contribution in [3.05, 3.63) is 149 Å². The van der Waals surface area contributed by atoms with Crippen LogP contribution in [-0.2, 0) is 64.0 Å². The zero-order valence-corrected chi connectivity index (χ0v) is 48.7. The summed E-state index contributed by atoms with van der Waals surface area (Å²) in [5, 5.41) is 27.9. The topological polar surface area (TPSA) is 330 Å². The first-order chi connectivity index (χ1) is 39.8. The number of H-pyrrole nitrogens is 1. The minimum Gasteiger partial charge on any atom is -0.391 e. The molecule has 0 radical (unpaired) electrons. The molecule has 0 spiro atoms. The molecule has 1 aliphatic heterocycles. The Morgan fingerprint density at radius 1 is 0.771 bits per heavy atom. The van der Waals surface area contributed by atoms with E-state index in [1.54, 1.807) is 54.9 Å². The van der Waals surface area contributed by atoms with Crippen LogP contribution in [-0.4, -0.2) is 159 Å². The van der Waals surface area contributed by atoms with Crippen LogP contribution in [0.2, 0.25) is 5.02 Å². The number of aromatic nitrogens is 2. The molecule has 1 saturated heterocycles. The van der Waals surface area contributed by atoms with Crippen LogP contribution in [0.5, 0.6) is 0 Å². The van der Waals surface area contributed by atoms with Crippen molar-refractivity contribution in [2.45, 2.75) is 106 Å². The molecule has 440 valence electrons. The van der Waals surface area contributed by atoms with Crippen LogP contribution in [0.1, 0.15) is 48.4 Å². The van der Waals surface area contributed by atoms with Gasteiger partial charge >= 0.3 is 0 Å². The number of amides is 8. The van der Waals surface area contributed by atoms with Gasteiger partial charge in [0.2, 0.25) is 47.3 Å². The number of aliphatic hydroxyl groups is 1. The van der Waals surface area contributed by atoms with E-state index in [0.717, 1.165) is 43.3 Å².